The highest BCUT2D eigenvalue weighted by molar-refractivity contribution is 14.0. The van der Waals surface area contributed by atoms with Crippen LogP contribution in [0.1, 0.15) is 43.2 Å². The lowest BCUT2D eigenvalue weighted by Crippen LogP contribution is -2.38. The van der Waals surface area contributed by atoms with Crippen molar-refractivity contribution in [2.75, 3.05) is 19.6 Å². The fourth-order valence-corrected chi connectivity index (χ4v) is 3.80. The van der Waals surface area contributed by atoms with Crippen LogP contribution in [0.5, 0.6) is 0 Å². The van der Waals surface area contributed by atoms with E-state index >= 15 is 0 Å². The van der Waals surface area contributed by atoms with Gasteiger partial charge in [-0.2, -0.15) is 0 Å². The Kier molecular flexibility index (Phi) is 12.3. The molecule has 1 aromatic heterocycles. The van der Waals surface area contributed by atoms with Gasteiger partial charge in [0.05, 0.1) is 0 Å². The number of unbranched alkanes of at least 4 members (excludes halogenated alkanes) is 1. The third-order valence-electron chi connectivity index (χ3n) is 5.45. The van der Waals surface area contributed by atoms with E-state index in [1.165, 1.54) is 11.1 Å². The van der Waals surface area contributed by atoms with E-state index in [1.807, 2.05) is 12.3 Å². The summed E-state index contributed by atoms with van der Waals surface area (Å²) in [6, 6.07) is 26.6. The molecule has 2 aromatic carbocycles. The highest BCUT2D eigenvalue weighted by Gasteiger charge is 2.13. The van der Waals surface area contributed by atoms with Crippen molar-refractivity contribution in [2.24, 2.45) is 4.99 Å². The number of nitrogens with zero attached hydrogens (tertiary/aromatic N) is 2. The van der Waals surface area contributed by atoms with Crippen molar-refractivity contribution in [1.82, 2.24) is 15.2 Å². The Labute approximate surface area is 214 Å². The van der Waals surface area contributed by atoms with Crippen LogP contribution < -0.4 is 16.2 Å². The van der Waals surface area contributed by atoms with Crippen molar-refractivity contribution >= 4 is 29.9 Å². The molecule has 0 atom stereocenters. The molecule has 1 heterocycles. The lowest BCUT2D eigenvalue weighted by molar-refractivity contribution is 0.597. The third kappa shape index (κ3) is 9.04. The van der Waals surface area contributed by atoms with Crippen LogP contribution in [-0.2, 0) is 6.54 Å². The number of halogens is 1. The van der Waals surface area contributed by atoms with Gasteiger partial charge in [0.25, 0.3) is 0 Å². The van der Waals surface area contributed by atoms with Crippen molar-refractivity contribution in [3.8, 4) is 0 Å². The van der Waals surface area contributed by atoms with Crippen LogP contribution in [0, 0.1) is 0 Å². The first kappa shape index (κ1) is 26.6. The van der Waals surface area contributed by atoms with E-state index in [2.05, 4.69) is 78.2 Å². The summed E-state index contributed by atoms with van der Waals surface area (Å²) in [4.78, 5) is 16.5. The molecule has 33 heavy (non-hydrogen) atoms. The zero-order valence-electron chi connectivity index (χ0n) is 19.3. The highest BCUT2D eigenvalue weighted by Crippen LogP contribution is 2.27. The standard InChI is InChI=1S/C27H34N4O.HI/c1-2-28-27(29-19-10-12-22-31-21-11-9-17-26(31)32)30-20-18-25(23-13-5-3-6-14-23)24-15-7-4-8-16-24;/h3-9,11,13-17,21,25H,2,10,12,18-20,22H2,1H3,(H2,28,29,30);1H. The summed E-state index contributed by atoms with van der Waals surface area (Å²) >= 11 is 0. The molecule has 2 N–H and O–H groups in total. The Morgan fingerprint density at radius 2 is 1.52 bits per heavy atom. The van der Waals surface area contributed by atoms with E-state index in [0.717, 1.165) is 51.4 Å². The molecule has 0 aliphatic rings. The quantitative estimate of drug-likeness (QED) is 0.150. The predicted molar refractivity (Wildman–Crippen MR) is 149 cm³/mol. The van der Waals surface area contributed by atoms with Crippen LogP contribution in [0.3, 0.4) is 0 Å². The molecule has 0 radical (unpaired) electrons. The molecule has 176 valence electrons. The summed E-state index contributed by atoms with van der Waals surface area (Å²) in [5.74, 6) is 1.20. The van der Waals surface area contributed by atoms with E-state index < -0.39 is 0 Å². The number of guanidine groups is 1. The van der Waals surface area contributed by atoms with E-state index in [9.17, 15) is 4.79 Å². The number of aromatic nitrogens is 1. The molecule has 6 heteroatoms. The second-order valence-corrected chi connectivity index (χ2v) is 7.79. The molecular formula is C27H35IN4O. The molecule has 0 bridgehead atoms. The van der Waals surface area contributed by atoms with Crippen molar-refractivity contribution in [3.05, 3.63) is 107 Å². The second kappa shape index (κ2) is 15.3. The molecule has 0 unspecified atom stereocenters. The number of hydrogen-bond acceptors (Lipinski definition) is 2. The molecule has 0 saturated heterocycles. The molecule has 3 rings (SSSR count). The monoisotopic (exact) mass is 558 g/mol. The van der Waals surface area contributed by atoms with Crippen LogP contribution in [0.2, 0.25) is 0 Å². The molecular weight excluding hydrogens is 523 g/mol. The topological polar surface area (TPSA) is 58.4 Å². The first-order valence-electron chi connectivity index (χ1n) is 11.6. The van der Waals surface area contributed by atoms with Crippen molar-refractivity contribution in [3.63, 3.8) is 0 Å². The van der Waals surface area contributed by atoms with Gasteiger partial charge in [-0.25, -0.2) is 0 Å². The lowest BCUT2D eigenvalue weighted by Gasteiger charge is -2.19. The molecule has 3 aromatic rings. The normalized spacial score (nSPS) is 11.2. The van der Waals surface area contributed by atoms with Gasteiger partial charge in [-0.15, -0.1) is 24.0 Å². The minimum absolute atomic E-state index is 0. The fourth-order valence-electron chi connectivity index (χ4n) is 3.80. The number of aliphatic imine (C=N–C) groups is 1. The maximum Gasteiger partial charge on any atom is 0.250 e. The molecule has 5 nitrogen and oxygen atoms in total. The van der Waals surface area contributed by atoms with Crippen molar-refractivity contribution in [1.29, 1.82) is 0 Å². The minimum atomic E-state index is 0. The minimum Gasteiger partial charge on any atom is -0.357 e. The van der Waals surface area contributed by atoms with E-state index in [4.69, 9.17) is 4.99 Å². The number of hydrogen-bond donors (Lipinski definition) is 2. The van der Waals surface area contributed by atoms with Crippen LogP contribution in [-0.4, -0.2) is 30.2 Å². The largest absolute Gasteiger partial charge is 0.357 e. The van der Waals surface area contributed by atoms with Gasteiger partial charge >= 0.3 is 0 Å². The SMILES string of the molecule is CCNC(=NCCCCn1ccccc1=O)NCCC(c1ccccc1)c1ccccc1.I. The number of nitrogens with one attached hydrogen (secondary N) is 2. The molecule has 0 aliphatic carbocycles. The molecule has 0 amide bonds. The first-order chi connectivity index (χ1) is 15.8. The van der Waals surface area contributed by atoms with E-state index in [-0.39, 0.29) is 29.5 Å². The molecule has 0 aliphatic heterocycles. The van der Waals surface area contributed by atoms with Crippen LogP contribution in [0.25, 0.3) is 0 Å². The Hall–Kier alpha value is -2.61. The Bertz CT molecular complexity index is 966. The summed E-state index contributed by atoms with van der Waals surface area (Å²) in [7, 11) is 0. The summed E-state index contributed by atoms with van der Waals surface area (Å²) < 4.78 is 1.75. The van der Waals surface area contributed by atoms with Crippen molar-refractivity contribution < 1.29 is 0 Å². The lowest BCUT2D eigenvalue weighted by atomic mass is 9.88. The maximum absolute atomic E-state index is 11.8. The average molecular weight is 559 g/mol. The summed E-state index contributed by atoms with van der Waals surface area (Å²) in [6.45, 7) is 5.20. The number of benzene rings is 2. The zero-order valence-corrected chi connectivity index (χ0v) is 21.7. The second-order valence-electron chi connectivity index (χ2n) is 7.79. The van der Waals surface area contributed by atoms with Gasteiger partial charge in [0.1, 0.15) is 0 Å². The molecule has 0 spiro atoms. The molecule has 0 saturated carbocycles. The van der Waals surface area contributed by atoms with Crippen LogP contribution >= 0.6 is 24.0 Å². The van der Waals surface area contributed by atoms with Crippen LogP contribution in [0.15, 0.2) is 94.8 Å². The van der Waals surface area contributed by atoms with Gasteiger partial charge in [-0.1, -0.05) is 66.7 Å². The Morgan fingerprint density at radius 3 is 2.12 bits per heavy atom. The number of rotatable bonds is 11. The van der Waals surface area contributed by atoms with Crippen molar-refractivity contribution in [2.45, 2.75) is 38.6 Å². The smallest absolute Gasteiger partial charge is 0.250 e. The van der Waals surface area contributed by atoms with Gasteiger partial charge in [-0.05, 0) is 43.4 Å². The highest BCUT2D eigenvalue weighted by atomic mass is 127. The van der Waals surface area contributed by atoms with Gasteiger partial charge in [-0.3, -0.25) is 9.79 Å². The maximum atomic E-state index is 11.8. The van der Waals surface area contributed by atoms with Gasteiger partial charge in [0.2, 0.25) is 5.56 Å². The fraction of sp³-hybridized carbons (Fsp3) is 0.333. The van der Waals surface area contributed by atoms with Crippen LogP contribution in [0.4, 0.5) is 0 Å². The number of pyridine rings is 1. The first-order valence-corrected chi connectivity index (χ1v) is 11.6. The van der Waals surface area contributed by atoms with E-state index in [0.29, 0.717) is 5.92 Å². The van der Waals surface area contributed by atoms with E-state index in [1.54, 1.807) is 16.7 Å². The number of aryl methyl sites for hydroxylation is 1. The Balaban J connectivity index is 0.00000385. The zero-order chi connectivity index (χ0) is 22.4. The third-order valence-corrected chi connectivity index (χ3v) is 5.45. The predicted octanol–water partition coefficient (Wildman–Crippen LogP) is 5.02. The summed E-state index contributed by atoms with van der Waals surface area (Å²) in [5.41, 5.74) is 2.72. The summed E-state index contributed by atoms with van der Waals surface area (Å²) in [6.07, 6.45) is 4.69. The summed E-state index contributed by atoms with van der Waals surface area (Å²) in [5, 5.41) is 6.83. The average Bonchev–Trinajstić information content (AvgIpc) is 2.83. The molecule has 0 fully saturated rings. The van der Waals surface area contributed by atoms with Gasteiger partial charge in [0.15, 0.2) is 5.96 Å². The van der Waals surface area contributed by atoms with Gasteiger partial charge in [0, 0.05) is 44.4 Å². The van der Waals surface area contributed by atoms with Gasteiger partial charge < -0.3 is 15.2 Å². The Morgan fingerprint density at radius 1 is 0.879 bits per heavy atom.